The number of esters is 1. The second-order valence-corrected chi connectivity index (χ2v) is 13.3. The van der Waals surface area contributed by atoms with E-state index in [0.717, 1.165) is 37.8 Å². The standard InChI is InChI=1S/C32H38Cl2N2O5/c1-18(2)16-36(27(37)14-19-5-8-22(33)23(34)13-19)24-9-7-21-25-15-20-6-10-26(40-28(38)17-39-4)30-29(20)32(21,31(24)41-30)11-12-35(25)3/h5-6,8,10,13,18,21,24-25,31H,7,9,11-12,14-17H2,1-4H3/t21-,24?,25+,31?,32-/m0/s1. The number of amides is 1. The van der Waals surface area contributed by atoms with Crippen molar-refractivity contribution in [1.29, 1.82) is 0 Å². The van der Waals surface area contributed by atoms with E-state index in [9.17, 15) is 9.59 Å². The lowest BCUT2D eigenvalue weighted by Crippen LogP contribution is -2.69. The van der Waals surface area contributed by atoms with Crippen LogP contribution in [0, 0.1) is 11.8 Å². The molecule has 4 aliphatic rings. The number of likely N-dealkylation sites (tertiary alicyclic amines) is 1. The van der Waals surface area contributed by atoms with Gasteiger partial charge >= 0.3 is 5.97 Å². The minimum atomic E-state index is -0.455. The lowest BCUT2D eigenvalue weighted by atomic mass is 9.51. The predicted octanol–water partition coefficient (Wildman–Crippen LogP) is 5.31. The summed E-state index contributed by atoms with van der Waals surface area (Å²) in [6, 6.07) is 9.68. The molecule has 41 heavy (non-hydrogen) atoms. The molecule has 2 aromatic carbocycles. The van der Waals surface area contributed by atoms with Gasteiger partial charge in [-0.25, -0.2) is 4.79 Å². The van der Waals surface area contributed by atoms with Crippen LogP contribution in [0.25, 0.3) is 0 Å². The highest BCUT2D eigenvalue weighted by atomic mass is 35.5. The third-order valence-corrected chi connectivity index (χ3v) is 10.4. The lowest BCUT2D eigenvalue weighted by molar-refractivity contribution is -0.142. The third-order valence-electron chi connectivity index (χ3n) is 9.66. The van der Waals surface area contributed by atoms with Gasteiger partial charge in [-0.3, -0.25) is 4.79 Å². The van der Waals surface area contributed by atoms with Gasteiger partial charge in [-0.15, -0.1) is 0 Å². The van der Waals surface area contributed by atoms with Gasteiger partial charge in [-0.1, -0.05) is 49.2 Å². The zero-order chi connectivity index (χ0) is 29.1. The number of likely N-dealkylation sites (N-methyl/N-ethyl adjacent to an activating group) is 1. The minimum Gasteiger partial charge on any atom is -0.483 e. The first-order chi connectivity index (χ1) is 19.6. The van der Waals surface area contributed by atoms with E-state index in [-0.39, 0.29) is 42.4 Å². The largest absolute Gasteiger partial charge is 0.483 e. The topological polar surface area (TPSA) is 68.3 Å². The Balaban J connectivity index is 1.40. The molecule has 2 heterocycles. The smallest absolute Gasteiger partial charge is 0.337 e. The fourth-order valence-electron chi connectivity index (χ4n) is 8.11. The molecule has 9 heteroatoms. The summed E-state index contributed by atoms with van der Waals surface area (Å²) in [7, 11) is 3.70. The highest BCUT2D eigenvalue weighted by Gasteiger charge is 2.66. The van der Waals surface area contributed by atoms with Gasteiger partial charge in [0.05, 0.1) is 22.5 Å². The summed E-state index contributed by atoms with van der Waals surface area (Å²) in [5.41, 5.74) is 3.07. The normalized spacial score (nSPS) is 27.8. The van der Waals surface area contributed by atoms with Crippen LogP contribution >= 0.6 is 23.2 Å². The van der Waals surface area contributed by atoms with E-state index in [2.05, 4.69) is 36.8 Å². The molecule has 2 unspecified atom stereocenters. The quantitative estimate of drug-likeness (QED) is 0.302. The first-order valence-electron chi connectivity index (χ1n) is 14.6. The molecular weight excluding hydrogens is 563 g/mol. The maximum absolute atomic E-state index is 14.1. The van der Waals surface area contributed by atoms with Gasteiger partial charge in [0.1, 0.15) is 12.7 Å². The molecule has 2 aliphatic carbocycles. The zero-order valence-corrected chi connectivity index (χ0v) is 25.6. The Labute approximate surface area is 252 Å². The van der Waals surface area contributed by atoms with Crippen molar-refractivity contribution in [3.63, 3.8) is 0 Å². The fraction of sp³-hybridized carbons (Fsp3) is 0.562. The summed E-state index contributed by atoms with van der Waals surface area (Å²) in [6.07, 6.45) is 3.80. The number of halogens is 2. The van der Waals surface area contributed by atoms with Crippen molar-refractivity contribution in [2.75, 3.05) is 33.9 Å². The molecule has 2 aliphatic heterocycles. The fourth-order valence-corrected chi connectivity index (χ4v) is 8.43. The van der Waals surface area contributed by atoms with Crippen LogP contribution in [0.3, 0.4) is 0 Å². The number of methoxy groups -OCH3 is 1. The van der Waals surface area contributed by atoms with E-state index in [4.69, 9.17) is 37.4 Å². The van der Waals surface area contributed by atoms with Crippen LogP contribution in [-0.2, 0) is 32.6 Å². The Morgan fingerprint density at radius 3 is 2.71 bits per heavy atom. The minimum absolute atomic E-state index is 0.0590. The van der Waals surface area contributed by atoms with E-state index >= 15 is 0 Å². The summed E-state index contributed by atoms with van der Waals surface area (Å²) in [5, 5.41) is 0.923. The summed E-state index contributed by atoms with van der Waals surface area (Å²) in [6.45, 7) is 5.75. The van der Waals surface area contributed by atoms with E-state index in [1.54, 1.807) is 12.1 Å². The summed E-state index contributed by atoms with van der Waals surface area (Å²) in [5.74, 6) is 1.42. The lowest BCUT2D eigenvalue weighted by Gasteiger charge is -2.60. The molecule has 2 bridgehead atoms. The number of carbonyl (C=O) groups is 2. The molecule has 0 aromatic heterocycles. The number of nitrogens with zero attached hydrogens (tertiary/aromatic N) is 2. The van der Waals surface area contributed by atoms with Crippen molar-refractivity contribution in [2.24, 2.45) is 11.8 Å². The van der Waals surface area contributed by atoms with Crippen LogP contribution < -0.4 is 9.47 Å². The number of hydrogen-bond acceptors (Lipinski definition) is 6. The van der Waals surface area contributed by atoms with E-state index in [1.165, 1.54) is 18.2 Å². The highest BCUT2D eigenvalue weighted by molar-refractivity contribution is 6.42. The van der Waals surface area contributed by atoms with Crippen molar-refractivity contribution in [1.82, 2.24) is 9.80 Å². The summed E-state index contributed by atoms with van der Waals surface area (Å²) in [4.78, 5) is 31.1. The van der Waals surface area contributed by atoms with Crippen molar-refractivity contribution in [3.8, 4) is 11.5 Å². The second kappa shape index (κ2) is 11.1. The monoisotopic (exact) mass is 600 g/mol. The number of carbonyl (C=O) groups excluding carboxylic acids is 2. The average molecular weight is 602 g/mol. The maximum Gasteiger partial charge on any atom is 0.337 e. The number of hydrogen-bond donors (Lipinski definition) is 0. The molecule has 1 saturated carbocycles. The van der Waals surface area contributed by atoms with Gasteiger partial charge < -0.3 is 24.0 Å². The van der Waals surface area contributed by atoms with Crippen LogP contribution in [0.4, 0.5) is 0 Å². The van der Waals surface area contributed by atoms with Crippen LogP contribution in [0.1, 0.15) is 49.8 Å². The van der Waals surface area contributed by atoms with Gasteiger partial charge in [0.2, 0.25) is 5.91 Å². The number of rotatable bonds is 8. The highest BCUT2D eigenvalue weighted by Crippen LogP contribution is 2.64. The van der Waals surface area contributed by atoms with Gasteiger partial charge in [0, 0.05) is 30.7 Å². The molecule has 1 spiro atoms. The Kier molecular flexibility index (Phi) is 7.77. The molecule has 7 nitrogen and oxygen atoms in total. The molecule has 220 valence electrons. The summed E-state index contributed by atoms with van der Waals surface area (Å²) >= 11 is 12.4. The SMILES string of the molecule is COCC(=O)Oc1ccc2c3c1OC1C(N(CC(C)C)C(=O)Cc4ccc(Cl)c(Cl)c4)CC[C@H]4[C@@H](C2)N(C)CC[C@]314. The Morgan fingerprint density at radius 1 is 1.17 bits per heavy atom. The Morgan fingerprint density at radius 2 is 1.98 bits per heavy atom. The molecule has 2 aromatic rings. The van der Waals surface area contributed by atoms with E-state index < -0.39 is 5.97 Å². The molecular formula is C32H38Cl2N2O5. The Bertz CT molecular complexity index is 1370. The van der Waals surface area contributed by atoms with Gasteiger partial charge in [-0.2, -0.15) is 0 Å². The Hall–Kier alpha value is -2.32. The van der Waals surface area contributed by atoms with Crippen LogP contribution in [-0.4, -0.2) is 73.7 Å². The average Bonchev–Trinajstić information content (AvgIpc) is 3.28. The van der Waals surface area contributed by atoms with Crippen molar-refractivity contribution >= 4 is 35.1 Å². The molecule has 0 N–H and O–H groups in total. The predicted molar refractivity (Wildman–Crippen MR) is 158 cm³/mol. The van der Waals surface area contributed by atoms with Crippen molar-refractivity contribution in [3.05, 3.63) is 57.1 Å². The third kappa shape index (κ3) is 4.83. The first kappa shape index (κ1) is 28.8. The van der Waals surface area contributed by atoms with Crippen LogP contribution in [0.2, 0.25) is 10.0 Å². The van der Waals surface area contributed by atoms with Crippen molar-refractivity contribution < 1.29 is 23.8 Å². The summed E-state index contributed by atoms with van der Waals surface area (Å²) < 4.78 is 17.8. The molecule has 0 radical (unpaired) electrons. The van der Waals surface area contributed by atoms with Gasteiger partial charge in [-0.05, 0) is 80.4 Å². The van der Waals surface area contributed by atoms with Gasteiger partial charge in [0.15, 0.2) is 11.5 Å². The van der Waals surface area contributed by atoms with Crippen LogP contribution in [0.5, 0.6) is 11.5 Å². The second-order valence-electron chi connectivity index (χ2n) is 12.5. The van der Waals surface area contributed by atoms with E-state index in [0.29, 0.717) is 40.0 Å². The van der Waals surface area contributed by atoms with E-state index in [1.807, 2.05) is 12.1 Å². The molecule has 1 saturated heterocycles. The molecule has 5 atom stereocenters. The van der Waals surface area contributed by atoms with Gasteiger partial charge in [0.25, 0.3) is 0 Å². The van der Waals surface area contributed by atoms with Crippen molar-refractivity contribution in [2.45, 2.75) is 69.6 Å². The van der Waals surface area contributed by atoms with Crippen LogP contribution in [0.15, 0.2) is 30.3 Å². The number of piperidine rings is 1. The number of ether oxygens (including phenoxy) is 3. The first-order valence-corrected chi connectivity index (χ1v) is 15.4. The molecule has 1 amide bonds. The molecule has 6 rings (SSSR count). The number of benzene rings is 2. The molecule has 2 fully saturated rings. The maximum atomic E-state index is 14.1. The zero-order valence-electron chi connectivity index (χ0n) is 24.1.